The lowest BCUT2D eigenvalue weighted by Gasteiger charge is -2.11. The van der Waals surface area contributed by atoms with Gasteiger partial charge in [0.1, 0.15) is 0 Å². The molecular weight excluding hydrogens is 199 g/mol. The molecule has 0 spiro atoms. The van der Waals surface area contributed by atoms with Crippen molar-refractivity contribution in [3.8, 4) is 0 Å². The first-order valence-corrected chi connectivity index (χ1v) is 4.89. The van der Waals surface area contributed by atoms with Crippen molar-refractivity contribution >= 4 is 27.5 Å². The van der Waals surface area contributed by atoms with Gasteiger partial charge in [-0.1, -0.05) is 29.3 Å². The lowest BCUT2D eigenvalue weighted by atomic mass is 10.1. The third kappa shape index (κ3) is 1.62. The van der Waals surface area contributed by atoms with Crippen molar-refractivity contribution in [1.82, 2.24) is 0 Å². The molecule has 0 aromatic heterocycles. The Morgan fingerprint density at radius 2 is 2.22 bits per heavy atom. The summed E-state index contributed by atoms with van der Waals surface area (Å²) in [6.45, 7) is 2.23. The first kappa shape index (κ1) is 7.87. The zero-order chi connectivity index (χ0) is 6.85. The van der Waals surface area contributed by atoms with Gasteiger partial charge in [-0.25, -0.2) is 0 Å². The maximum Gasteiger partial charge on any atom is 0.0463 e. The van der Waals surface area contributed by atoms with E-state index in [1.807, 2.05) is 0 Å². The quantitative estimate of drug-likeness (QED) is 0.585. The summed E-state index contributed by atoms with van der Waals surface area (Å²) in [5.41, 5.74) is 0. The van der Waals surface area contributed by atoms with Crippen molar-refractivity contribution < 1.29 is 0 Å². The molecule has 9 heavy (non-hydrogen) atoms. The van der Waals surface area contributed by atoms with Crippen LogP contribution < -0.4 is 0 Å². The first-order chi connectivity index (χ1) is 4.25. The maximum absolute atomic E-state index is 5.99. The van der Waals surface area contributed by atoms with E-state index in [-0.39, 0.29) is 0 Å². The van der Waals surface area contributed by atoms with Crippen LogP contribution in [0.2, 0.25) is 0 Å². The fraction of sp³-hybridized carbons (Fsp3) is 1.00. The third-order valence-electron chi connectivity index (χ3n) is 2.13. The molecule has 0 saturated heterocycles. The fourth-order valence-electron chi connectivity index (χ4n) is 1.42. The van der Waals surface area contributed by atoms with Gasteiger partial charge in [-0.2, -0.15) is 0 Å². The van der Waals surface area contributed by atoms with Crippen molar-refractivity contribution in [2.24, 2.45) is 5.92 Å². The second-order valence-corrected chi connectivity index (χ2v) is 4.32. The molecule has 0 N–H and O–H groups in total. The Kier molecular flexibility index (Phi) is 2.84. The zero-order valence-corrected chi connectivity index (χ0v) is 7.95. The Balaban J connectivity index is 2.41. The number of rotatable bonds is 1. The maximum atomic E-state index is 5.99. The zero-order valence-electron chi connectivity index (χ0n) is 5.61. The molecule has 0 aliphatic heterocycles. The summed E-state index contributed by atoms with van der Waals surface area (Å²) >= 11 is 9.59. The average Bonchev–Trinajstić information content (AvgIpc) is 2.15. The number of halogens is 2. The fourth-order valence-corrected chi connectivity index (χ4v) is 2.65. The van der Waals surface area contributed by atoms with E-state index in [0.717, 1.165) is 5.92 Å². The topological polar surface area (TPSA) is 0 Å². The second kappa shape index (κ2) is 3.25. The highest BCUT2D eigenvalue weighted by Gasteiger charge is 2.31. The van der Waals surface area contributed by atoms with Gasteiger partial charge in [0.05, 0.1) is 0 Å². The van der Waals surface area contributed by atoms with Crippen LogP contribution in [0.4, 0.5) is 0 Å². The summed E-state index contributed by atoms with van der Waals surface area (Å²) in [5.74, 6) is 0.826. The van der Waals surface area contributed by atoms with Crippen LogP contribution in [0.3, 0.4) is 0 Å². The number of alkyl halides is 2. The molecule has 2 heteroatoms. The van der Waals surface area contributed by atoms with E-state index in [1.165, 1.54) is 19.3 Å². The molecule has 3 atom stereocenters. The van der Waals surface area contributed by atoms with E-state index < -0.39 is 0 Å². The highest BCUT2D eigenvalue weighted by molar-refractivity contribution is 9.09. The van der Waals surface area contributed by atoms with Crippen molar-refractivity contribution in [3.05, 3.63) is 0 Å². The molecule has 1 aliphatic rings. The molecule has 1 rings (SSSR count). The van der Waals surface area contributed by atoms with E-state index in [9.17, 15) is 0 Å². The van der Waals surface area contributed by atoms with Crippen LogP contribution in [-0.4, -0.2) is 10.2 Å². The van der Waals surface area contributed by atoms with Crippen molar-refractivity contribution in [2.45, 2.75) is 36.4 Å². The van der Waals surface area contributed by atoms with Crippen molar-refractivity contribution in [3.63, 3.8) is 0 Å². The standard InChI is InChI=1S/C7H12BrCl/c1-2-5-3-4-6(9)7(5)8/h5-7H,2-4H2,1H3. The van der Waals surface area contributed by atoms with Gasteiger partial charge < -0.3 is 0 Å². The Bertz CT molecular complexity index is 94.9. The van der Waals surface area contributed by atoms with E-state index >= 15 is 0 Å². The van der Waals surface area contributed by atoms with Gasteiger partial charge in [-0.15, -0.1) is 11.6 Å². The van der Waals surface area contributed by atoms with Gasteiger partial charge in [0.25, 0.3) is 0 Å². The van der Waals surface area contributed by atoms with Gasteiger partial charge in [0, 0.05) is 10.2 Å². The minimum absolute atomic E-state index is 0.384. The summed E-state index contributed by atoms with van der Waals surface area (Å²) in [4.78, 5) is 0.573. The number of hydrogen-bond donors (Lipinski definition) is 0. The molecule has 54 valence electrons. The second-order valence-electron chi connectivity index (χ2n) is 2.71. The summed E-state index contributed by atoms with van der Waals surface area (Å²) in [7, 11) is 0. The number of hydrogen-bond acceptors (Lipinski definition) is 0. The molecule has 3 unspecified atom stereocenters. The lowest BCUT2D eigenvalue weighted by molar-refractivity contribution is 0.547. The van der Waals surface area contributed by atoms with Crippen LogP contribution in [-0.2, 0) is 0 Å². The van der Waals surface area contributed by atoms with Gasteiger partial charge in [-0.3, -0.25) is 0 Å². The van der Waals surface area contributed by atoms with Crippen LogP contribution >= 0.6 is 27.5 Å². The molecule has 0 aromatic carbocycles. The van der Waals surface area contributed by atoms with Crippen LogP contribution in [0.1, 0.15) is 26.2 Å². The highest BCUT2D eigenvalue weighted by Crippen LogP contribution is 2.36. The Morgan fingerprint density at radius 1 is 1.56 bits per heavy atom. The minimum atomic E-state index is 0.384. The van der Waals surface area contributed by atoms with E-state index in [2.05, 4.69) is 22.9 Å². The minimum Gasteiger partial charge on any atom is -0.122 e. The molecule has 0 amide bonds. The van der Waals surface area contributed by atoms with Gasteiger partial charge in [-0.05, 0) is 18.8 Å². The van der Waals surface area contributed by atoms with Crippen molar-refractivity contribution in [1.29, 1.82) is 0 Å². The molecule has 1 fully saturated rings. The van der Waals surface area contributed by atoms with E-state index in [4.69, 9.17) is 11.6 Å². The molecule has 0 radical (unpaired) electrons. The smallest absolute Gasteiger partial charge is 0.0463 e. The molecule has 0 heterocycles. The molecule has 0 bridgehead atoms. The predicted octanol–water partition coefficient (Wildman–Crippen LogP) is 3.18. The van der Waals surface area contributed by atoms with Crippen LogP contribution in [0.15, 0.2) is 0 Å². The summed E-state index contributed by atoms with van der Waals surface area (Å²) in [5, 5.41) is 0.384. The van der Waals surface area contributed by atoms with E-state index in [1.54, 1.807) is 0 Å². The summed E-state index contributed by atoms with van der Waals surface area (Å²) < 4.78 is 0. The summed E-state index contributed by atoms with van der Waals surface area (Å²) in [6.07, 6.45) is 3.76. The first-order valence-electron chi connectivity index (χ1n) is 3.53. The Labute approximate surface area is 70.1 Å². The molecule has 1 aliphatic carbocycles. The largest absolute Gasteiger partial charge is 0.122 e. The highest BCUT2D eigenvalue weighted by atomic mass is 79.9. The molecule has 0 aromatic rings. The lowest BCUT2D eigenvalue weighted by Crippen LogP contribution is -2.12. The van der Waals surface area contributed by atoms with Gasteiger partial charge in [0.2, 0.25) is 0 Å². The van der Waals surface area contributed by atoms with Crippen LogP contribution in [0.5, 0.6) is 0 Å². The van der Waals surface area contributed by atoms with Crippen LogP contribution in [0, 0.1) is 5.92 Å². The van der Waals surface area contributed by atoms with Gasteiger partial charge >= 0.3 is 0 Å². The normalized spacial score (nSPS) is 43.7. The monoisotopic (exact) mass is 210 g/mol. The molecule has 0 nitrogen and oxygen atoms in total. The average molecular weight is 212 g/mol. The van der Waals surface area contributed by atoms with Gasteiger partial charge in [0.15, 0.2) is 0 Å². The Hall–Kier alpha value is 0.770. The predicted molar refractivity (Wildman–Crippen MR) is 45.4 cm³/mol. The molecule has 1 saturated carbocycles. The van der Waals surface area contributed by atoms with Crippen LogP contribution in [0.25, 0.3) is 0 Å². The third-order valence-corrected chi connectivity index (χ3v) is 4.31. The SMILES string of the molecule is CCC1CCC(Cl)C1Br. The van der Waals surface area contributed by atoms with E-state index in [0.29, 0.717) is 10.2 Å². The van der Waals surface area contributed by atoms with Crippen molar-refractivity contribution in [2.75, 3.05) is 0 Å². The summed E-state index contributed by atoms with van der Waals surface area (Å²) in [6, 6.07) is 0. The molecular formula is C7H12BrCl. The Morgan fingerprint density at radius 3 is 2.44 bits per heavy atom.